The van der Waals surface area contributed by atoms with E-state index in [-0.39, 0.29) is 24.3 Å². The van der Waals surface area contributed by atoms with E-state index in [1.54, 1.807) is 6.92 Å². The molecule has 0 bridgehead atoms. The molecule has 0 aromatic carbocycles. The van der Waals surface area contributed by atoms with Crippen molar-refractivity contribution in [1.29, 1.82) is 0 Å². The van der Waals surface area contributed by atoms with Crippen molar-refractivity contribution >= 4 is 15.9 Å². The van der Waals surface area contributed by atoms with Gasteiger partial charge in [-0.2, -0.15) is 0 Å². The first kappa shape index (κ1) is 19.3. The van der Waals surface area contributed by atoms with Crippen LogP contribution in [0.1, 0.15) is 46.0 Å². The minimum Gasteiger partial charge on any atom is -0.377 e. The number of sulfonamides is 1. The maximum atomic E-state index is 11.9. The summed E-state index contributed by atoms with van der Waals surface area (Å²) in [6, 6.07) is 0. The Kier molecular flexibility index (Phi) is 7.75. The molecule has 0 saturated carbocycles. The predicted octanol–water partition coefficient (Wildman–Crippen LogP) is 0.109. The Bertz CT molecular complexity index is 445. The second kappa shape index (κ2) is 8.81. The third-order valence-corrected chi connectivity index (χ3v) is 5.10. The monoisotopic (exact) mass is 335 g/mol. The Hall–Kier alpha value is -0.700. The van der Waals surface area contributed by atoms with Crippen LogP contribution in [0.25, 0.3) is 0 Å². The molecule has 22 heavy (non-hydrogen) atoms. The molecule has 1 aliphatic rings. The summed E-state index contributed by atoms with van der Waals surface area (Å²) in [6.07, 6.45) is 4.28. The van der Waals surface area contributed by atoms with Gasteiger partial charge in [0.1, 0.15) is 0 Å². The van der Waals surface area contributed by atoms with Crippen molar-refractivity contribution in [2.45, 2.75) is 57.6 Å². The van der Waals surface area contributed by atoms with Crippen LogP contribution in [0.3, 0.4) is 0 Å². The van der Waals surface area contributed by atoms with E-state index in [0.717, 1.165) is 25.7 Å². The zero-order valence-electron chi connectivity index (χ0n) is 13.6. The number of carbonyl (C=O) groups excluding carboxylic acids is 1. The molecule has 2 atom stereocenters. The summed E-state index contributed by atoms with van der Waals surface area (Å²) in [5.74, 6) is -0.478. The second-order valence-electron chi connectivity index (χ2n) is 6.08. The van der Waals surface area contributed by atoms with Crippen LogP contribution in [0.4, 0.5) is 0 Å². The second-order valence-corrected chi connectivity index (χ2v) is 8.01. The summed E-state index contributed by atoms with van der Waals surface area (Å²) in [5, 5.41) is 2.59. The number of ether oxygens (including phenoxy) is 1. The predicted molar refractivity (Wildman–Crippen MR) is 85.9 cm³/mol. The van der Waals surface area contributed by atoms with E-state index in [1.807, 2.05) is 6.92 Å². The lowest BCUT2D eigenvalue weighted by atomic mass is 9.97. The molecule has 1 saturated heterocycles. The lowest BCUT2D eigenvalue weighted by molar-refractivity contribution is -0.125. The third kappa shape index (κ3) is 7.04. The SMILES string of the molecule is CCCC(C)(N)C(=O)NCCS(=O)(=O)NCC1CCCCO1. The quantitative estimate of drug-likeness (QED) is 0.554. The molecule has 0 aliphatic carbocycles. The van der Waals surface area contributed by atoms with E-state index in [9.17, 15) is 13.2 Å². The van der Waals surface area contributed by atoms with Crippen molar-refractivity contribution < 1.29 is 17.9 Å². The van der Waals surface area contributed by atoms with Gasteiger partial charge in [0.15, 0.2) is 0 Å². The van der Waals surface area contributed by atoms with Gasteiger partial charge in [-0.05, 0) is 32.6 Å². The molecule has 4 N–H and O–H groups in total. The number of nitrogens with one attached hydrogen (secondary N) is 2. The molecule has 1 rings (SSSR count). The topological polar surface area (TPSA) is 111 Å². The highest BCUT2D eigenvalue weighted by Crippen LogP contribution is 2.12. The normalized spacial score (nSPS) is 22.0. The molecular formula is C14H29N3O4S. The first-order valence-electron chi connectivity index (χ1n) is 7.93. The summed E-state index contributed by atoms with van der Waals surface area (Å²) < 4.78 is 31.8. The zero-order valence-corrected chi connectivity index (χ0v) is 14.4. The molecule has 0 aromatic rings. The van der Waals surface area contributed by atoms with Crippen molar-refractivity contribution in [2.24, 2.45) is 5.73 Å². The number of hydrogen-bond acceptors (Lipinski definition) is 5. The van der Waals surface area contributed by atoms with E-state index >= 15 is 0 Å². The van der Waals surface area contributed by atoms with Gasteiger partial charge in [0.25, 0.3) is 0 Å². The van der Waals surface area contributed by atoms with Crippen LogP contribution in [-0.2, 0) is 19.6 Å². The molecular weight excluding hydrogens is 306 g/mol. The average Bonchev–Trinajstić information content (AvgIpc) is 2.46. The van der Waals surface area contributed by atoms with Crippen LogP contribution >= 0.6 is 0 Å². The van der Waals surface area contributed by atoms with Gasteiger partial charge in [-0.1, -0.05) is 13.3 Å². The molecule has 1 amide bonds. The molecule has 2 unspecified atom stereocenters. The van der Waals surface area contributed by atoms with Gasteiger partial charge in [-0.25, -0.2) is 13.1 Å². The number of nitrogens with two attached hydrogens (primary N) is 1. The van der Waals surface area contributed by atoms with E-state index in [4.69, 9.17) is 10.5 Å². The van der Waals surface area contributed by atoms with Crippen LogP contribution < -0.4 is 15.8 Å². The molecule has 1 aliphatic heterocycles. The molecule has 7 nitrogen and oxygen atoms in total. The molecule has 0 aromatic heterocycles. The maximum absolute atomic E-state index is 11.9. The van der Waals surface area contributed by atoms with Crippen molar-refractivity contribution in [2.75, 3.05) is 25.4 Å². The van der Waals surface area contributed by atoms with Crippen LogP contribution in [0.2, 0.25) is 0 Å². The van der Waals surface area contributed by atoms with E-state index < -0.39 is 15.6 Å². The molecule has 0 radical (unpaired) electrons. The van der Waals surface area contributed by atoms with Crippen LogP contribution in [-0.4, -0.2) is 51.4 Å². The minimum atomic E-state index is -3.42. The fourth-order valence-corrected chi connectivity index (χ4v) is 3.35. The molecule has 0 spiro atoms. The highest BCUT2D eigenvalue weighted by Gasteiger charge is 2.27. The fourth-order valence-electron chi connectivity index (χ4n) is 2.39. The molecule has 130 valence electrons. The largest absolute Gasteiger partial charge is 0.377 e. The van der Waals surface area contributed by atoms with Crippen molar-refractivity contribution in [1.82, 2.24) is 10.0 Å². The summed E-state index contributed by atoms with van der Waals surface area (Å²) in [4.78, 5) is 11.9. The van der Waals surface area contributed by atoms with Crippen LogP contribution in [0.15, 0.2) is 0 Å². The minimum absolute atomic E-state index is 0.0463. The summed E-state index contributed by atoms with van der Waals surface area (Å²) in [7, 11) is -3.42. The first-order chi connectivity index (χ1) is 10.3. The fraction of sp³-hybridized carbons (Fsp3) is 0.929. The summed E-state index contributed by atoms with van der Waals surface area (Å²) in [6.45, 7) is 4.63. The van der Waals surface area contributed by atoms with E-state index in [2.05, 4.69) is 10.0 Å². The lowest BCUT2D eigenvalue weighted by Crippen LogP contribution is -2.52. The van der Waals surface area contributed by atoms with Crippen molar-refractivity contribution in [3.05, 3.63) is 0 Å². The zero-order chi connectivity index (χ0) is 16.6. The Morgan fingerprint density at radius 3 is 2.73 bits per heavy atom. The highest BCUT2D eigenvalue weighted by molar-refractivity contribution is 7.89. The smallest absolute Gasteiger partial charge is 0.239 e. The Labute approximate surface area is 133 Å². The van der Waals surface area contributed by atoms with E-state index in [0.29, 0.717) is 19.6 Å². The number of amides is 1. The Morgan fingerprint density at radius 2 is 2.14 bits per heavy atom. The standard InChI is InChI=1S/C14H29N3O4S/c1-3-7-14(2,15)13(18)16-8-10-22(19,20)17-11-12-6-4-5-9-21-12/h12,17H,3-11,15H2,1-2H3,(H,16,18). The Balaban J connectivity index is 2.28. The van der Waals surface area contributed by atoms with Gasteiger partial charge in [0.05, 0.1) is 17.4 Å². The van der Waals surface area contributed by atoms with Gasteiger partial charge in [-0.3, -0.25) is 4.79 Å². The Morgan fingerprint density at radius 1 is 1.41 bits per heavy atom. The van der Waals surface area contributed by atoms with Gasteiger partial charge in [0.2, 0.25) is 15.9 Å². The van der Waals surface area contributed by atoms with Gasteiger partial charge in [-0.15, -0.1) is 0 Å². The molecule has 1 fully saturated rings. The summed E-state index contributed by atoms with van der Waals surface area (Å²) >= 11 is 0. The maximum Gasteiger partial charge on any atom is 0.239 e. The lowest BCUT2D eigenvalue weighted by Gasteiger charge is -2.23. The van der Waals surface area contributed by atoms with Gasteiger partial charge in [0, 0.05) is 19.7 Å². The van der Waals surface area contributed by atoms with Gasteiger partial charge < -0.3 is 15.8 Å². The first-order valence-corrected chi connectivity index (χ1v) is 9.58. The van der Waals surface area contributed by atoms with Crippen LogP contribution in [0.5, 0.6) is 0 Å². The number of carbonyl (C=O) groups is 1. The van der Waals surface area contributed by atoms with Crippen molar-refractivity contribution in [3.8, 4) is 0 Å². The molecule has 1 heterocycles. The molecule has 8 heteroatoms. The average molecular weight is 335 g/mol. The van der Waals surface area contributed by atoms with Crippen molar-refractivity contribution in [3.63, 3.8) is 0 Å². The highest BCUT2D eigenvalue weighted by atomic mass is 32.2. The number of hydrogen-bond donors (Lipinski definition) is 3. The van der Waals surface area contributed by atoms with E-state index in [1.165, 1.54) is 0 Å². The summed E-state index contributed by atoms with van der Waals surface area (Å²) in [5.41, 5.74) is 4.93. The van der Waals surface area contributed by atoms with Gasteiger partial charge >= 0.3 is 0 Å². The number of rotatable bonds is 9. The third-order valence-electron chi connectivity index (χ3n) is 3.75. The van der Waals surface area contributed by atoms with Crippen LogP contribution in [0, 0.1) is 0 Å².